The van der Waals surface area contributed by atoms with Crippen molar-refractivity contribution in [2.24, 2.45) is 11.8 Å². The Hall–Kier alpha value is -0.260. The lowest BCUT2D eigenvalue weighted by Gasteiger charge is -2.16. The molecule has 0 saturated heterocycles. The highest BCUT2D eigenvalue weighted by Gasteiger charge is 2.07. The van der Waals surface area contributed by atoms with E-state index in [2.05, 4.69) is 39.8 Å². The second kappa shape index (κ2) is 9.30. The molecular weight excluding hydrogens is 168 g/mol. The molecule has 0 nitrogen and oxygen atoms in total. The molecule has 1 unspecified atom stereocenters. The fourth-order valence-electron chi connectivity index (χ4n) is 1.90. The molecular formula is C14H28. The lowest BCUT2D eigenvalue weighted by molar-refractivity contribution is 0.373. The number of unbranched alkanes of at least 4 members (excludes halogenated alkanes) is 1. The number of hydrogen-bond donors (Lipinski definition) is 0. The van der Waals surface area contributed by atoms with Crippen molar-refractivity contribution in [1.29, 1.82) is 0 Å². The average molecular weight is 196 g/mol. The Morgan fingerprint density at radius 1 is 1.00 bits per heavy atom. The van der Waals surface area contributed by atoms with Gasteiger partial charge in [-0.2, -0.15) is 0 Å². The molecule has 0 rings (SSSR count). The second-order valence-electron chi connectivity index (χ2n) is 4.52. The summed E-state index contributed by atoms with van der Waals surface area (Å²) in [6.45, 7) is 9.24. The van der Waals surface area contributed by atoms with Crippen LogP contribution in [0.2, 0.25) is 0 Å². The van der Waals surface area contributed by atoms with E-state index in [0.717, 1.165) is 11.8 Å². The quantitative estimate of drug-likeness (QED) is 0.468. The maximum Gasteiger partial charge on any atom is -0.0325 e. The van der Waals surface area contributed by atoms with E-state index >= 15 is 0 Å². The van der Waals surface area contributed by atoms with Gasteiger partial charge in [0.2, 0.25) is 0 Å². The third-order valence-electron chi connectivity index (χ3n) is 3.05. The summed E-state index contributed by atoms with van der Waals surface area (Å²) in [6.07, 6.45) is 12.6. The normalized spacial score (nSPS) is 14.1. The Morgan fingerprint density at radius 3 is 2.14 bits per heavy atom. The highest BCUT2D eigenvalue weighted by molar-refractivity contribution is 4.83. The van der Waals surface area contributed by atoms with Crippen LogP contribution in [0.25, 0.3) is 0 Å². The summed E-state index contributed by atoms with van der Waals surface area (Å²) < 4.78 is 0. The van der Waals surface area contributed by atoms with Gasteiger partial charge in [-0.3, -0.25) is 0 Å². The Bertz CT molecular complexity index is 131. The van der Waals surface area contributed by atoms with Crippen LogP contribution in [0.3, 0.4) is 0 Å². The SMILES string of the molecule is CCCC=CCC(C)CC(CC)CC. The van der Waals surface area contributed by atoms with Gasteiger partial charge in [0.1, 0.15) is 0 Å². The molecule has 0 heteroatoms. The molecule has 0 fully saturated rings. The van der Waals surface area contributed by atoms with Crippen molar-refractivity contribution in [2.75, 3.05) is 0 Å². The van der Waals surface area contributed by atoms with Gasteiger partial charge in [-0.15, -0.1) is 0 Å². The number of hydrogen-bond acceptors (Lipinski definition) is 0. The zero-order valence-corrected chi connectivity index (χ0v) is 10.6. The Balaban J connectivity index is 3.57. The van der Waals surface area contributed by atoms with Crippen LogP contribution in [-0.2, 0) is 0 Å². The van der Waals surface area contributed by atoms with Crippen LogP contribution in [0.5, 0.6) is 0 Å². The molecule has 0 aromatic carbocycles. The molecule has 0 aliphatic rings. The van der Waals surface area contributed by atoms with Crippen molar-refractivity contribution in [3.63, 3.8) is 0 Å². The molecule has 0 spiro atoms. The van der Waals surface area contributed by atoms with Crippen LogP contribution in [0.1, 0.15) is 66.2 Å². The molecule has 0 radical (unpaired) electrons. The zero-order chi connectivity index (χ0) is 10.8. The minimum absolute atomic E-state index is 0.869. The summed E-state index contributed by atoms with van der Waals surface area (Å²) in [4.78, 5) is 0. The summed E-state index contributed by atoms with van der Waals surface area (Å²) in [6, 6.07) is 0. The Labute approximate surface area is 90.8 Å². The van der Waals surface area contributed by atoms with E-state index in [1.165, 1.54) is 38.5 Å². The van der Waals surface area contributed by atoms with E-state index in [-0.39, 0.29) is 0 Å². The van der Waals surface area contributed by atoms with Crippen molar-refractivity contribution in [1.82, 2.24) is 0 Å². The first kappa shape index (κ1) is 13.7. The third kappa shape index (κ3) is 7.17. The van der Waals surface area contributed by atoms with Crippen LogP contribution in [0.15, 0.2) is 12.2 Å². The van der Waals surface area contributed by atoms with Gasteiger partial charge in [-0.05, 0) is 31.1 Å². The lowest BCUT2D eigenvalue weighted by Crippen LogP contribution is -2.03. The maximum absolute atomic E-state index is 2.38. The molecule has 0 aliphatic carbocycles. The molecule has 0 bridgehead atoms. The van der Waals surface area contributed by atoms with E-state index in [1.54, 1.807) is 0 Å². The van der Waals surface area contributed by atoms with Gasteiger partial charge >= 0.3 is 0 Å². The van der Waals surface area contributed by atoms with E-state index < -0.39 is 0 Å². The minimum Gasteiger partial charge on any atom is -0.0885 e. The van der Waals surface area contributed by atoms with Crippen LogP contribution < -0.4 is 0 Å². The highest BCUT2D eigenvalue weighted by Crippen LogP contribution is 2.21. The standard InChI is InChI=1S/C14H28/c1-5-8-9-10-11-13(4)12-14(6-2)7-3/h9-10,13-14H,5-8,11-12H2,1-4H3. The number of allylic oxidation sites excluding steroid dienone is 2. The largest absolute Gasteiger partial charge is 0.0885 e. The van der Waals surface area contributed by atoms with Gasteiger partial charge in [-0.25, -0.2) is 0 Å². The molecule has 0 N–H and O–H groups in total. The van der Waals surface area contributed by atoms with Crippen LogP contribution in [-0.4, -0.2) is 0 Å². The molecule has 14 heavy (non-hydrogen) atoms. The molecule has 0 heterocycles. The first-order chi connectivity index (χ1) is 6.74. The lowest BCUT2D eigenvalue weighted by atomic mass is 9.90. The monoisotopic (exact) mass is 196 g/mol. The van der Waals surface area contributed by atoms with Gasteiger partial charge in [-0.1, -0.05) is 59.1 Å². The molecule has 0 amide bonds. The van der Waals surface area contributed by atoms with Gasteiger partial charge in [0.25, 0.3) is 0 Å². The summed E-state index contributed by atoms with van der Waals surface area (Å²) >= 11 is 0. The minimum atomic E-state index is 0.869. The number of rotatable bonds is 8. The topological polar surface area (TPSA) is 0 Å². The fourth-order valence-corrected chi connectivity index (χ4v) is 1.90. The molecule has 1 atom stereocenters. The van der Waals surface area contributed by atoms with Crippen molar-refractivity contribution in [3.05, 3.63) is 12.2 Å². The highest BCUT2D eigenvalue weighted by atomic mass is 14.1. The van der Waals surface area contributed by atoms with E-state index in [0.29, 0.717) is 0 Å². The van der Waals surface area contributed by atoms with Gasteiger partial charge in [0, 0.05) is 0 Å². The van der Waals surface area contributed by atoms with E-state index in [9.17, 15) is 0 Å². The van der Waals surface area contributed by atoms with Crippen molar-refractivity contribution >= 4 is 0 Å². The predicted octanol–water partition coefficient (Wildman–Crippen LogP) is 5.20. The van der Waals surface area contributed by atoms with Gasteiger partial charge < -0.3 is 0 Å². The summed E-state index contributed by atoms with van der Waals surface area (Å²) in [5.74, 6) is 1.82. The van der Waals surface area contributed by atoms with E-state index in [4.69, 9.17) is 0 Å². The first-order valence-electron chi connectivity index (χ1n) is 6.39. The molecule has 0 aromatic heterocycles. The third-order valence-corrected chi connectivity index (χ3v) is 3.05. The Morgan fingerprint density at radius 2 is 1.64 bits per heavy atom. The van der Waals surface area contributed by atoms with Crippen molar-refractivity contribution in [3.8, 4) is 0 Å². The van der Waals surface area contributed by atoms with Gasteiger partial charge in [0.05, 0.1) is 0 Å². The molecule has 84 valence electrons. The second-order valence-corrected chi connectivity index (χ2v) is 4.52. The molecule has 0 saturated carbocycles. The molecule has 0 aromatic rings. The average Bonchev–Trinajstić information content (AvgIpc) is 2.21. The van der Waals surface area contributed by atoms with Crippen LogP contribution in [0, 0.1) is 11.8 Å². The summed E-state index contributed by atoms with van der Waals surface area (Å²) in [5, 5.41) is 0. The first-order valence-corrected chi connectivity index (χ1v) is 6.39. The van der Waals surface area contributed by atoms with Crippen LogP contribution in [0.4, 0.5) is 0 Å². The van der Waals surface area contributed by atoms with Crippen molar-refractivity contribution in [2.45, 2.75) is 66.2 Å². The predicted molar refractivity (Wildman–Crippen MR) is 66.5 cm³/mol. The van der Waals surface area contributed by atoms with Gasteiger partial charge in [0.15, 0.2) is 0 Å². The maximum atomic E-state index is 2.38. The van der Waals surface area contributed by atoms with Crippen LogP contribution >= 0.6 is 0 Å². The summed E-state index contributed by atoms with van der Waals surface area (Å²) in [7, 11) is 0. The molecule has 0 aliphatic heterocycles. The smallest absolute Gasteiger partial charge is 0.0325 e. The zero-order valence-electron chi connectivity index (χ0n) is 10.6. The summed E-state index contributed by atoms with van der Waals surface area (Å²) in [5.41, 5.74) is 0. The Kier molecular flexibility index (Phi) is 9.13. The van der Waals surface area contributed by atoms with Crippen molar-refractivity contribution < 1.29 is 0 Å². The van der Waals surface area contributed by atoms with E-state index in [1.807, 2.05) is 0 Å². The fraction of sp³-hybridized carbons (Fsp3) is 0.857.